The summed E-state index contributed by atoms with van der Waals surface area (Å²) >= 11 is 0. The zero-order valence-corrected chi connectivity index (χ0v) is 35.2. The molecule has 0 saturated heterocycles. The molecule has 0 amide bonds. The molecule has 10 nitrogen and oxygen atoms in total. The summed E-state index contributed by atoms with van der Waals surface area (Å²) in [5.74, 6) is -0.651. The second-order valence-electron chi connectivity index (χ2n) is 10.8. The first-order valence-electron chi connectivity index (χ1n) is 13.7. The zero-order chi connectivity index (χ0) is 31.2. The minimum Gasteiger partial charge on any atom is -0.748 e. The predicted octanol–water partition coefficient (Wildman–Crippen LogP) is -1.23. The average Bonchev–Trinajstić information content (AvgIpc) is 3.47. The van der Waals surface area contributed by atoms with Gasteiger partial charge in [0.05, 0.1) is 20.2 Å². The van der Waals surface area contributed by atoms with Crippen LogP contribution >= 0.6 is 0 Å². The van der Waals surface area contributed by atoms with Gasteiger partial charge in [0.25, 0.3) is 0 Å². The van der Waals surface area contributed by atoms with Crippen molar-refractivity contribution in [2.24, 2.45) is 0 Å². The second kappa shape index (κ2) is 19.6. The van der Waals surface area contributed by atoms with Crippen LogP contribution in [0.25, 0.3) is 0 Å². The van der Waals surface area contributed by atoms with Gasteiger partial charge in [-0.2, -0.15) is 0 Å². The van der Waals surface area contributed by atoms with E-state index in [-0.39, 0.29) is 94.4 Å². The smallest absolute Gasteiger partial charge is 0.748 e. The van der Waals surface area contributed by atoms with E-state index in [4.69, 9.17) is 0 Å². The molecule has 0 atom stereocenters. The first-order valence-corrected chi connectivity index (χ1v) is 16.9. The van der Waals surface area contributed by atoms with Crippen LogP contribution in [0.1, 0.15) is 47.6 Å². The average molecular weight is 862 g/mol. The molecule has 0 aromatic heterocycles. The molecule has 0 bridgehead atoms. The molecule has 0 N–H and O–H groups in total. The van der Waals surface area contributed by atoms with Crippen LogP contribution in [0.2, 0.25) is 0 Å². The normalized spacial score (nSPS) is 14.0. The predicted molar refractivity (Wildman–Crippen MR) is 167 cm³/mol. The fourth-order valence-corrected chi connectivity index (χ4v) is 6.29. The maximum Gasteiger partial charge on any atom is 1.00 e. The Morgan fingerprint density at radius 2 is 0.867 bits per heavy atom. The largest absolute Gasteiger partial charge is 1.00 e. The van der Waals surface area contributed by atoms with E-state index in [1.165, 1.54) is 33.4 Å². The molecule has 3 radical (unpaired) electrons. The van der Waals surface area contributed by atoms with Gasteiger partial charge in [0.2, 0.25) is 0 Å². The topological polar surface area (TPSA) is 127 Å². The van der Waals surface area contributed by atoms with Gasteiger partial charge in [-0.1, -0.05) is 35.4 Å². The maximum absolute atomic E-state index is 10.6. The first-order chi connectivity index (χ1) is 19.5. The van der Waals surface area contributed by atoms with Crippen LogP contribution in [0.5, 0.6) is 0 Å². The molecule has 0 unspecified atom stereocenters. The summed E-state index contributed by atoms with van der Waals surface area (Å²) in [6.45, 7) is 17.3. The Morgan fingerprint density at radius 3 is 1.13 bits per heavy atom. The number of aryl methyl sites for hydroxylation is 6. The Hall–Kier alpha value is -0.320. The number of rotatable bonds is 10. The summed E-state index contributed by atoms with van der Waals surface area (Å²) in [4.78, 5) is 7.83. The summed E-state index contributed by atoms with van der Waals surface area (Å²) in [5, 5.41) is 0. The van der Waals surface area contributed by atoms with Crippen LogP contribution in [-0.2, 0) is 42.6 Å². The Balaban J connectivity index is 0. The van der Waals surface area contributed by atoms with Crippen LogP contribution in [0, 0.1) is 54.9 Å². The monoisotopic (exact) mass is 861 g/mol. The Morgan fingerprint density at radius 1 is 0.578 bits per heavy atom. The third kappa shape index (κ3) is 14.8. The molecule has 2 aliphatic heterocycles. The molecule has 4 rings (SSSR count). The van der Waals surface area contributed by atoms with Crippen LogP contribution in [0.3, 0.4) is 0 Å². The fourth-order valence-electron chi connectivity index (χ4n) is 5.32. The minimum absolute atomic E-state index is 0. The summed E-state index contributed by atoms with van der Waals surface area (Å²) in [7, 11) is -8.26. The zero-order valence-electron chi connectivity index (χ0n) is 27.4. The Bertz CT molecular complexity index is 1400. The molecule has 2 heterocycles. The van der Waals surface area contributed by atoms with Gasteiger partial charge in [-0.15, -0.1) is 0 Å². The quantitative estimate of drug-likeness (QED) is 0.212. The van der Waals surface area contributed by atoms with Gasteiger partial charge in [0.15, 0.2) is 0 Å². The molecule has 0 aliphatic carbocycles. The molecular weight excluding hydrogens is 819 g/mol. The van der Waals surface area contributed by atoms with E-state index in [2.05, 4.69) is 65.8 Å². The number of benzene rings is 2. The minimum atomic E-state index is -4.13. The molecule has 243 valence electrons. The van der Waals surface area contributed by atoms with E-state index in [1.807, 2.05) is 57.7 Å². The van der Waals surface area contributed by atoms with Crippen LogP contribution in [0.15, 0.2) is 49.1 Å². The van der Waals surface area contributed by atoms with Gasteiger partial charge in [-0.25, -0.2) is 16.8 Å². The van der Waals surface area contributed by atoms with E-state index >= 15 is 0 Å². The molecule has 2 aliphatic rings. The molecule has 2 aromatic carbocycles. The summed E-state index contributed by atoms with van der Waals surface area (Å²) in [6, 6.07) is 8.54. The SMILES string of the molecule is Cc1cc(C)c(N2[CH]N(CCCS(=O)(=O)[O-])C=C2)c(C)c1.Cc1cc(C)c(N2[CH]N(CCCS(=O)(=O)[O-])C=C2)c(C)c1.[Au].[HH].[Na+].[Na+]. The molecule has 0 saturated carbocycles. The van der Waals surface area contributed by atoms with Gasteiger partial charge in [-0.3, -0.25) is 0 Å². The number of anilines is 2. The standard InChI is InChI=1S/2C15H21N2O3S.Au.2Na.H2/c2*1-12-9-13(2)15(14(3)10-12)17-7-6-16(11-17)5-4-8-21(18,19)20;;;;/h2*6-7,9-11H,4-5,8H2,1-3H3,(H,18,19,20);;;;1H/q;;;2*+1;/p-2. The molecule has 0 spiro atoms. The second-order valence-corrected chi connectivity index (χ2v) is 13.9. The van der Waals surface area contributed by atoms with Crippen LogP contribution < -0.4 is 68.9 Å². The molecule has 45 heavy (non-hydrogen) atoms. The summed E-state index contributed by atoms with van der Waals surface area (Å²) in [6.07, 6.45) is 8.30. The maximum atomic E-state index is 10.6. The van der Waals surface area contributed by atoms with Gasteiger partial charge < -0.3 is 28.7 Å². The van der Waals surface area contributed by atoms with Crippen LogP contribution in [0.4, 0.5) is 11.4 Å². The van der Waals surface area contributed by atoms with Crippen molar-refractivity contribution in [1.29, 1.82) is 0 Å². The Labute approximate surface area is 331 Å². The fraction of sp³-hybridized carbons (Fsp3) is 0.400. The Kier molecular flexibility index (Phi) is 19.5. The number of nitrogens with zero attached hydrogens (tertiary/aromatic N) is 4. The molecular formula is C30H42AuN4Na2O6S2. The van der Waals surface area contributed by atoms with E-state index in [1.54, 1.807) is 0 Å². The molecule has 15 heteroatoms. The van der Waals surface area contributed by atoms with Gasteiger partial charge >= 0.3 is 59.1 Å². The van der Waals surface area contributed by atoms with Crippen molar-refractivity contribution in [2.45, 2.75) is 54.4 Å². The van der Waals surface area contributed by atoms with Crippen LogP contribution in [-0.4, -0.2) is 60.3 Å². The summed E-state index contributed by atoms with van der Waals surface area (Å²) < 4.78 is 63.6. The number of hydrogen-bond acceptors (Lipinski definition) is 10. The van der Waals surface area contributed by atoms with Crippen molar-refractivity contribution in [2.75, 3.05) is 34.4 Å². The van der Waals surface area contributed by atoms with Crippen molar-refractivity contribution in [3.05, 3.63) is 95.8 Å². The third-order valence-electron chi connectivity index (χ3n) is 6.79. The van der Waals surface area contributed by atoms with E-state index in [9.17, 15) is 25.9 Å². The van der Waals surface area contributed by atoms with Gasteiger partial charge in [0, 0.05) is 84.6 Å². The van der Waals surface area contributed by atoms with E-state index < -0.39 is 20.2 Å². The van der Waals surface area contributed by atoms with Crippen molar-refractivity contribution in [3.8, 4) is 0 Å². The first kappa shape index (κ1) is 44.7. The molecule has 0 fully saturated rings. The summed E-state index contributed by atoms with van der Waals surface area (Å²) in [5.41, 5.74) is 9.50. The number of hydrogen-bond donors (Lipinski definition) is 0. The van der Waals surface area contributed by atoms with Gasteiger partial charge in [-0.05, 0) is 76.6 Å². The van der Waals surface area contributed by atoms with E-state index in [0.717, 1.165) is 11.4 Å². The van der Waals surface area contributed by atoms with Crippen molar-refractivity contribution < 1.29 is 109 Å². The van der Waals surface area contributed by atoms with Crippen molar-refractivity contribution >= 4 is 31.6 Å². The van der Waals surface area contributed by atoms with Gasteiger partial charge in [0.1, 0.15) is 13.3 Å². The van der Waals surface area contributed by atoms with Crippen molar-refractivity contribution in [3.63, 3.8) is 0 Å². The van der Waals surface area contributed by atoms with E-state index in [0.29, 0.717) is 25.9 Å². The third-order valence-corrected chi connectivity index (χ3v) is 8.37. The van der Waals surface area contributed by atoms with Crippen molar-refractivity contribution in [1.82, 2.24) is 9.80 Å². The molecule has 2 aromatic rings.